The van der Waals surface area contributed by atoms with Crippen LogP contribution in [0.5, 0.6) is 5.88 Å². The molecule has 1 N–H and O–H groups in total. The second-order valence-corrected chi connectivity index (χ2v) is 10.7. The fourth-order valence-corrected chi connectivity index (χ4v) is 5.65. The van der Waals surface area contributed by atoms with E-state index in [1.807, 2.05) is 68.7 Å². The molecule has 37 heavy (non-hydrogen) atoms. The highest BCUT2D eigenvalue weighted by molar-refractivity contribution is 9.10. The van der Waals surface area contributed by atoms with Gasteiger partial charge in [0.05, 0.1) is 12.6 Å². The molecule has 4 aromatic carbocycles. The van der Waals surface area contributed by atoms with Crippen molar-refractivity contribution in [2.75, 3.05) is 27.7 Å². The summed E-state index contributed by atoms with van der Waals surface area (Å²) in [6.07, 6.45) is 0.523. The highest BCUT2D eigenvalue weighted by Gasteiger charge is 2.43. The Morgan fingerprint density at radius 1 is 0.892 bits per heavy atom. The third-order valence-electron chi connectivity index (χ3n) is 7.08. The Morgan fingerprint density at radius 3 is 2.38 bits per heavy atom. The highest BCUT2D eigenvalue weighted by atomic mass is 79.9. The van der Waals surface area contributed by atoms with E-state index in [-0.39, 0.29) is 0 Å². The predicted molar refractivity (Wildman–Crippen MR) is 155 cm³/mol. The molecule has 0 fully saturated rings. The monoisotopic (exact) mass is 554 g/mol. The SMILES string of the molecule is COc1nc2cc(Br)ccc2cc1C(c1ccccc1)[C@](O)(CCN(C)C)c1cccc2ccccc12. The molecule has 5 rings (SSSR count). The normalized spacial score (nSPS) is 14.1. The van der Waals surface area contributed by atoms with Crippen LogP contribution >= 0.6 is 15.9 Å². The van der Waals surface area contributed by atoms with Gasteiger partial charge in [0, 0.05) is 27.9 Å². The molecule has 0 bridgehead atoms. The Balaban J connectivity index is 1.83. The number of ether oxygens (including phenoxy) is 1. The zero-order valence-electron chi connectivity index (χ0n) is 21.4. The van der Waals surface area contributed by atoms with E-state index in [2.05, 4.69) is 63.3 Å². The summed E-state index contributed by atoms with van der Waals surface area (Å²) < 4.78 is 6.85. The van der Waals surface area contributed by atoms with Crippen LogP contribution in [0.1, 0.15) is 29.0 Å². The molecule has 4 nitrogen and oxygen atoms in total. The molecule has 5 aromatic rings. The van der Waals surface area contributed by atoms with Crippen molar-refractivity contribution in [3.63, 3.8) is 0 Å². The third kappa shape index (κ3) is 4.99. The second kappa shape index (κ2) is 10.6. The fourth-order valence-electron chi connectivity index (χ4n) is 5.30. The predicted octanol–water partition coefficient (Wildman–Crippen LogP) is 7.13. The molecule has 2 atom stereocenters. The van der Waals surface area contributed by atoms with Gasteiger partial charge >= 0.3 is 0 Å². The number of aromatic nitrogens is 1. The molecular weight excluding hydrogens is 524 g/mol. The lowest BCUT2D eigenvalue weighted by atomic mass is 9.70. The van der Waals surface area contributed by atoms with Gasteiger partial charge in [0.2, 0.25) is 5.88 Å². The van der Waals surface area contributed by atoms with Gasteiger partial charge in [-0.3, -0.25) is 0 Å². The molecule has 0 aliphatic heterocycles. The Labute approximate surface area is 226 Å². The molecular formula is C32H31BrN2O2. The number of fused-ring (bicyclic) bond motifs is 2. The molecule has 0 spiro atoms. The lowest BCUT2D eigenvalue weighted by molar-refractivity contribution is 0.00520. The van der Waals surface area contributed by atoms with Crippen LogP contribution in [0.4, 0.5) is 0 Å². The van der Waals surface area contributed by atoms with Crippen molar-refractivity contribution >= 4 is 37.6 Å². The van der Waals surface area contributed by atoms with Gasteiger partial charge in [0.15, 0.2) is 0 Å². The van der Waals surface area contributed by atoms with Gasteiger partial charge in [-0.1, -0.05) is 94.8 Å². The van der Waals surface area contributed by atoms with E-state index in [9.17, 15) is 5.11 Å². The molecule has 0 radical (unpaired) electrons. The standard InChI is InChI=1S/C32H31BrN2O2/c1-35(2)19-18-32(36,28-15-9-13-22-10-7-8-14-26(22)28)30(23-11-5-4-6-12-23)27-20-24-16-17-25(33)21-29(24)34-31(27)37-3/h4-17,20-21,30,36H,18-19H2,1-3H3/t30?,32-/m0/s1. The molecule has 0 saturated carbocycles. The molecule has 1 unspecified atom stereocenters. The first-order chi connectivity index (χ1) is 17.9. The topological polar surface area (TPSA) is 45.6 Å². The average molecular weight is 556 g/mol. The molecule has 0 saturated heterocycles. The third-order valence-corrected chi connectivity index (χ3v) is 7.58. The lowest BCUT2D eigenvalue weighted by Crippen LogP contribution is -2.38. The van der Waals surface area contributed by atoms with Gasteiger partial charge in [0.1, 0.15) is 5.60 Å². The van der Waals surface area contributed by atoms with Gasteiger partial charge in [-0.15, -0.1) is 0 Å². The molecule has 0 amide bonds. The maximum atomic E-state index is 13.0. The number of halogens is 1. The van der Waals surface area contributed by atoms with E-state index in [4.69, 9.17) is 9.72 Å². The minimum absolute atomic E-state index is 0.421. The van der Waals surface area contributed by atoms with E-state index < -0.39 is 11.5 Å². The number of nitrogens with zero attached hydrogens (tertiary/aromatic N) is 2. The Kier molecular flexibility index (Phi) is 7.29. The minimum atomic E-state index is -1.25. The van der Waals surface area contributed by atoms with Crippen molar-refractivity contribution in [2.24, 2.45) is 0 Å². The summed E-state index contributed by atoms with van der Waals surface area (Å²) in [6.45, 7) is 0.708. The Morgan fingerprint density at radius 2 is 1.62 bits per heavy atom. The molecule has 0 aliphatic carbocycles. The summed E-state index contributed by atoms with van der Waals surface area (Å²) in [5, 5.41) is 16.2. The number of hydrogen-bond donors (Lipinski definition) is 1. The van der Waals surface area contributed by atoms with Gasteiger partial charge in [-0.25, -0.2) is 4.98 Å². The first-order valence-corrected chi connectivity index (χ1v) is 13.2. The maximum Gasteiger partial charge on any atom is 0.217 e. The summed E-state index contributed by atoms with van der Waals surface area (Å²) >= 11 is 3.56. The summed E-state index contributed by atoms with van der Waals surface area (Å²) in [6, 6.07) is 32.9. The van der Waals surface area contributed by atoms with E-state index in [1.54, 1.807) is 7.11 Å². The number of aliphatic hydroxyl groups is 1. The molecule has 1 aromatic heterocycles. The van der Waals surface area contributed by atoms with Crippen molar-refractivity contribution in [1.29, 1.82) is 0 Å². The smallest absolute Gasteiger partial charge is 0.217 e. The highest BCUT2D eigenvalue weighted by Crippen LogP contribution is 2.49. The molecule has 1 heterocycles. The van der Waals surface area contributed by atoms with Crippen LogP contribution in [0.3, 0.4) is 0 Å². The van der Waals surface area contributed by atoms with Crippen molar-refractivity contribution in [3.8, 4) is 5.88 Å². The zero-order valence-corrected chi connectivity index (χ0v) is 22.9. The second-order valence-electron chi connectivity index (χ2n) is 9.77. The first-order valence-electron chi connectivity index (χ1n) is 12.4. The van der Waals surface area contributed by atoms with Crippen molar-refractivity contribution in [3.05, 3.63) is 118 Å². The lowest BCUT2D eigenvalue weighted by Gasteiger charge is -2.39. The van der Waals surface area contributed by atoms with Crippen LogP contribution in [-0.4, -0.2) is 42.7 Å². The van der Waals surface area contributed by atoms with Gasteiger partial charge in [-0.2, -0.15) is 0 Å². The van der Waals surface area contributed by atoms with Crippen LogP contribution in [-0.2, 0) is 5.60 Å². The Hall–Kier alpha value is -3.25. The number of benzene rings is 4. The Bertz CT molecular complexity index is 1530. The van der Waals surface area contributed by atoms with Crippen molar-refractivity contribution in [1.82, 2.24) is 9.88 Å². The van der Waals surface area contributed by atoms with Crippen LogP contribution in [0.15, 0.2) is 102 Å². The average Bonchev–Trinajstić information content (AvgIpc) is 2.92. The quantitative estimate of drug-likeness (QED) is 0.221. The largest absolute Gasteiger partial charge is 0.481 e. The molecule has 0 aliphatic rings. The van der Waals surface area contributed by atoms with Crippen LogP contribution < -0.4 is 4.74 Å². The number of pyridine rings is 1. The minimum Gasteiger partial charge on any atom is -0.481 e. The van der Waals surface area contributed by atoms with Crippen molar-refractivity contribution in [2.45, 2.75) is 17.9 Å². The molecule has 5 heteroatoms. The summed E-state index contributed by atoms with van der Waals surface area (Å²) in [5.74, 6) is 0.0953. The van der Waals surface area contributed by atoms with E-state index >= 15 is 0 Å². The summed E-state index contributed by atoms with van der Waals surface area (Å²) in [5.41, 5.74) is 2.36. The zero-order chi connectivity index (χ0) is 26.0. The summed E-state index contributed by atoms with van der Waals surface area (Å²) in [7, 11) is 5.72. The molecule has 188 valence electrons. The van der Waals surface area contributed by atoms with E-state index in [1.165, 1.54) is 0 Å². The number of hydrogen-bond acceptors (Lipinski definition) is 4. The fraction of sp³-hybridized carbons (Fsp3) is 0.219. The number of rotatable bonds is 8. The van der Waals surface area contributed by atoms with E-state index in [0.29, 0.717) is 18.8 Å². The first kappa shape index (κ1) is 25.4. The van der Waals surface area contributed by atoms with Crippen LogP contribution in [0, 0.1) is 0 Å². The number of methoxy groups -OCH3 is 1. The van der Waals surface area contributed by atoms with Gasteiger partial charge < -0.3 is 14.7 Å². The van der Waals surface area contributed by atoms with Crippen LogP contribution in [0.2, 0.25) is 0 Å². The summed E-state index contributed by atoms with van der Waals surface area (Å²) in [4.78, 5) is 7.01. The van der Waals surface area contributed by atoms with Crippen molar-refractivity contribution < 1.29 is 9.84 Å². The maximum absolute atomic E-state index is 13.0. The van der Waals surface area contributed by atoms with Gasteiger partial charge in [0.25, 0.3) is 0 Å². The van der Waals surface area contributed by atoms with E-state index in [0.717, 1.165) is 42.8 Å². The van der Waals surface area contributed by atoms with Crippen LogP contribution in [0.25, 0.3) is 21.7 Å². The van der Waals surface area contributed by atoms with Gasteiger partial charge in [-0.05, 0) is 60.6 Å².